The fraction of sp³-hybridized carbons (Fsp3) is 0.0556. The number of rotatable bonds is 2. The first kappa shape index (κ1) is 16.8. The predicted octanol–water partition coefficient (Wildman–Crippen LogP) is 3.02. The summed E-state index contributed by atoms with van der Waals surface area (Å²) >= 11 is 3.48. The number of hydrogen-bond donors (Lipinski definition) is 2. The molecule has 1 atom stereocenters. The lowest BCUT2D eigenvalue weighted by atomic mass is 9.92. The van der Waals surface area contributed by atoms with Crippen LogP contribution in [0.5, 0.6) is 0 Å². The number of benzene rings is 2. The maximum Gasteiger partial charge on any atom is 0.288 e. The molecule has 2 aromatic carbocycles. The summed E-state index contributed by atoms with van der Waals surface area (Å²) in [5.74, 6) is -0.00861. The third-order valence-electron chi connectivity index (χ3n) is 4.55. The van der Waals surface area contributed by atoms with Crippen LogP contribution in [0.4, 0.5) is 16.0 Å². The van der Waals surface area contributed by atoms with Crippen molar-refractivity contribution in [2.24, 2.45) is 0 Å². The molecule has 0 fully saturated rings. The number of fused-ring (bicyclic) bond motifs is 2. The maximum absolute atomic E-state index is 13.4. The van der Waals surface area contributed by atoms with Crippen LogP contribution in [0.3, 0.4) is 0 Å². The number of nitrogens with one attached hydrogen (secondary N) is 2. The molecular formula is C18H11BrFN7O. The largest absolute Gasteiger partial charge is 0.318 e. The Morgan fingerprint density at radius 2 is 1.96 bits per heavy atom. The SMILES string of the molecule is O=c1[nH]nc(-c2ccc(F)cc2)c2c1Nc1nnnn1C2c1cccc(Br)c1. The molecule has 5 rings (SSSR count). The molecule has 0 aliphatic carbocycles. The van der Waals surface area contributed by atoms with Gasteiger partial charge in [-0.3, -0.25) is 4.79 Å². The molecule has 0 amide bonds. The molecule has 1 aliphatic heterocycles. The number of nitrogens with zero attached hydrogens (tertiary/aromatic N) is 5. The Morgan fingerprint density at radius 1 is 1.14 bits per heavy atom. The highest BCUT2D eigenvalue weighted by molar-refractivity contribution is 9.10. The van der Waals surface area contributed by atoms with Crippen molar-refractivity contribution in [2.45, 2.75) is 6.04 Å². The van der Waals surface area contributed by atoms with E-state index >= 15 is 0 Å². The molecule has 0 bridgehead atoms. The van der Waals surface area contributed by atoms with E-state index in [2.05, 4.69) is 47.0 Å². The van der Waals surface area contributed by atoms with Gasteiger partial charge in [-0.2, -0.15) is 9.78 Å². The van der Waals surface area contributed by atoms with Gasteiger partial charge in [-0.1, -0.05) is 33.2 Å². The molecule has 1 unspecified atom stereocenters. The van der Waals surface area contributed by atoms with Crippen molar-refractivity contribution in [3.05, 3.63) is 80.3 Å². The van der Waals surface area contributed by atoms with Crippen molar-refractivity contribution in [3.8, 4) is 11.3 Å². The summed E-state index contributed by atoms with van der Waals surface area (Å²) in [6.07, 6.45) is 0. The van der Waals surface area contributed by atoms with Crippen LogP contribution < -0.4 is 10.9 Å². The number of hydrogen-bond acceptors (Lipinski definition) is 6. The minimum absolute atomic E-state index is 0.307. The molecule has 10 heteroatoms. The number of tetrazole rings is 1. The van der Waals surface area contributed by atoms with Crippen molar-refractivity contribution < 1.29 is 4.39 Å². The van der Waals surface area contributed by atoms with Crippen molar-refractivity contribution in [3.63, 3.8) is 0 Å². The minimum atomic E-state index is -0.492. The van der Waals surface area contributed by atoms with Crippen molar-refractivity contribution in [1.82, 2.24) is 30.4 Å². The van der Waals surface area contributed by atoms with E-state index in [9.17, 15) is 9.18 Å². The number of anilines is 2. The summed E-state index contributed by atoms with van der Waals surface area (Å²) in [7, 11) is 0. The summed E-state index contributed by atoms with van der Waals surface area (Å²) in [6, 6.07) is 13.1. The highest BCUT2D eigenvalue weighted by atomic mass is 79.9. The van der Waals surface area contributed by atoms with Crippen LogP contribution in [-0.4, -0.2) is 30.4 Å². The molecule has 2 aromatic heterocycles. The van der Waals surface area contributed by atoms with Crippen LogP contribution in [0, 0.1) is 5.82 Å². The molecule has 0 saturated heterocycles. The zero-order chi connectivity index (χ0) is 19.3. The van der Waals surface area contributed by atoms with E-state index in [1.54, 1.807) is 16.8 Å². The fourth-order valence-electron chi connectivity index (χ4n) is 3.35. The topological polar surface area (TPSA) is 101 Å². The second-order valence-electron chi connectivity index (χ2n) is 6.23. The Morgan fingerprint density at radius 3 is 2.75 bits per heavy atom. The summed E-state index contributed by atoms with van der Waals surface area (Å²) in [5, 5.41) is 21.5. The zero-order valence-electron chi connectivity index (χ0n) is 14.1. The molecule has 0 spiro atoms. The lowest BCUT2D eigenvalue weighted by Crippen LogP contribution is -2.29. The van der Waals surface area contributed by atoms with Crippen LogP contribution >= 0.6 is 15.9 Å². The summed E-state index contributed by atoms with van der Waals surface area (Å²) in [4.78, 5) is 12.5. The third kappa shape index (κ3) is 2.61. The van der Waals surface area contributed by atoms with Gasteiger partial charge < -0.3 is 5.32 Å². The van der Waals surface area contributed by atoms with Crippen molar-refractivity contribution in [2.75, 3.05) is 5.32 Å². The second-order valence-corrected chi connectivity index (χ2v) is 7.14. The average molecular weight is 440 g/mol. The first-order valence-corrected chi connectivity index (χ1v) is 9.10. The molecule has 0 radical (unpaired) electrons. The van der Waals surface area contributed by atoms with Gasteiger partial charge in [0.05, 0.1) is 5.69 Å². The Bertz CT molecular complexity index is 1250. The van der Waals surface area contributed by atoms with Crippen molar-refractivity contribution in [1.29, 1.82) is 0 Å². The Hall–Kier alpha value is -3.40. The van der Waals surface area contributed by atoms with Gasteiger partial charge in [0, 0.05) is 15.6 Å². The molecule has 8 nitrogen and oxygen atoms in total. The van der Waals surface area contributed by atoms with E-state index in [0.29, 0.717) is 28.5 Å². The van der Waals surface area contributed by atoms with E-state index in [1.165, 1.54) is 12.1 Å². The summed E-state index contributed by atoms with van der Waals surface area (Å²) in [6.45, 7) is 0. The van der Waals surface area contributed by atoms with Gasteiger partial charge in [0.25, 0.3) is 5.56 Å². The molecule has 2 N–H and O–H groups in total. The van der Waals surface area contributed by atoms with E-state index in [-0.39, 0.29) is 5.82 Å². The molecular weight excluding hydrogens is 429 g/mol. The standard InChI is InChI=1S/C18H11BrFN7O/c19-11-3-1-2-10(8-11)16-13-14(9-4-6-12(20)7-5-9)22-23-17(28)15(13)21-18-24-25-26-27(16)18/h1-8,16H,(H,23,28)(H,21,24,26). The Balaban J connectivity index is 1.82. The number of aromatic nitrogens is 6. The lowest BCUT2D eigenvalue weighted by Gasteiger charge is -2.27. The fourth-order valence-corrected chi connectivity index (χ4v) is 3.77. The first-order valence-electron chi connectivity index (χ1n) is 8.30. The van der Waals surface area contributed by atoms with Gasteiger partial charge in [0.1, 0.15) is 17.5 Å². The van der Waals surface area contributed by atoms with Crippen LogP contribution in [0.1, 0.15) is 17.2 Å². The highest BCUT2D eigenvalue weighted by Gasteiger charge is 2.34. The van der Waals surface area contributed by atoms with Gasteiger partial charge in [-0.05, 0) is 52.4 Å². The van der Waals surface area contributed by atoms with Crippen molar-refractivity contribution >= 4 is 27.6 Å². The summed E-state index contributed by atoms with van der Waals surface area (Å²) < 4.78 is 15.9. The number of H-pyrrole nitrogens is 1. The quantitative estimate of drug-likeness (QED) is 0.438. The Kier molecular flexibility index (Phi) is 3.79. The molecule has 138 valence electrons. The molecule has 28 heavy (non-hydrogen) atoms. The van der Waals surface area contributed by atoms with E-state index < -0.39 is 11.6 Å². The maximum atomic E-state index is 13.4. The molecule has 1 aliphatic rings. The van der Waals surface area contributed by atoms with E-state index in [0.717, 1.165) is 10.0 Å². The predicted molar refractivity (Wildman–Crippen MR) is 103 cm³/mol. The monoisotopic (exact) mass is 439 g/mol. The van der Waals surface area contributed by atoms with Crippen LogP contribution in [0.15, 0.2) is 57.8 Å². The number of aromatic amines is 1. The normalized spacial score (nSPS) is 14.9. The zero-order valence-corrected chi connectivity index (χ0v) is 15.7. The average Bonchev–Trinajstić information content (AvgIpc) is 3.16. The third-order valence-corrected chi connectivity index (χ3v) is 5.04. The van der Waals surface area contributed by atoms with Gasteiger partial charge >= 0.3 is 0 Å². The Labute approximate surface area is 165 Å². The van der Waals surface area contributed by atoms with Gasteiger partial charge in [-0.15, -0.1) is 0 Å². The van der Waals surface area contributed by atoms with Gasteiger partial charge in [0.2, 0.25) is 5.95 Å². The first-order chi connectivity index (χ1) is 13.6. The summed E-state index contributed by atoms with van der Waals surface area (Å²) in [5.41, 5.74) is 2.55. The smallest absolute Gasteiger partial charge is 0.288 e. The van der Waals surface area contributed by atoms with Crippen LogP contribution in [-0.2, 0) is 0 Å². The molecule has 3 heterocycles. The van der Waals surface area contributed by atoms with Crippen LogP contribution in [0.2, 0.25) is 0 Å². The second kappa shape index (κ2) is 6.34. The van der Waals surface area contributed by atoms with E-state index in [4.69, 9.17) is 0 Å². The lowest BCUT2D eigenvalue weighted by molar-refractivity contribution is 0.567. The van der Waals surface area contributed by atoms with Gasteiger partial charge in [-0.25, -0.2) is 9.49 Å². The molecule has 4 aromatic rings. The minimum Gasteiger partial charge on any atom is -0.318 e. The molecule has 0 saturated carbocycles. The van der Waals surface area contributed by atoms with E-state index in [1.807, 2.05) is 24.3 Å². The highest BCUT2D eigenvalue weighted by Crippen LogP contribution is 2.41. The van der Waals surface area contributed by atoms with Crippen LogP contribution in [0.25, 0.3) is 11.3 Å². The van der Waals surface area contributed by atoms with Gasteiger partial charge in [0.15, 0.2) is 0 Å². The number of halogens is 2.